The molecule has 4 rings (SSSR count). The summed E-state index contributed by atoms with van der Waals surface area (Å²) in [5, 5.41) is 0. The van der Waals surface area contributed by atoms with E-state index >= 15 is 4.39 Å². The van der Waals surface area contributed by atoms with Gasteiger partial charge in [-0.1, -0.05) is 18.2 Å². The van der Waals surface area contributed by atoms with E-state index in [0.717, 1.165) is 18.3 Å². The molecule has 0 saturated carbocycles. The number of sulfonamides is 1. The number of carbonyl (C=O) groups is 1. The van der Waals surface area contributed by atoms with Crippen molar-refractivity contribution in [2.24, 2.45) is 10.3 Å². The number of rotatable bonds is 3. The van der Waals surface area contributed by atoms with E-state index in [1.165, 1.54) is 0 Å². The van der Waals surface area contributed by atoms with Gasteiger partial charge in [0, 0.05) is 35.8 Å². The van der Waals surface area contributed by atoms with Gasteiger partial charge in [-0.2, -0.15) is 4.40 Å². The predicted octanol–water partition coefficient (Wildman–Crippen LogP) is 3.89. The van der Waals surface area contributed by atoms with E-state index in [2.05, 4.69) is 4.40 Å². The molecule has 0 aliphatic carbocycles. The second-order valence-electron chi connectivity index (χ2n) is 8.13. The van der Waals surface area contributed by atoms with Gasteiger partial charge >= 0.3 is 0 Å². The molecule has 176 valence electrons. The van der Waals surface area contributed by atoms with Crippen LogP contribution in [0.1, 0.15) is 24.8 Å². The molecule has 0 N–H and O–H groups in total. The Bertz CT molecular complexity index is 1190. The minimum absolute atomic E-state index is 0.0395. The van der Waals surface area contributed by atoms with Crippen molar-refractivity contribution in [2.45, 2.75) is 31.7 Å². The van der Waals surface area contributed by atoms with Gasteiger partial charge in [0.15, 0.2) is 0 Å². The summed E-state index contributed by atoms with van der Waals surface area (Å²) in [6.45, 7) is 0.419. The Morgan fingerprint density at radius 3 is 2.76 bits per heavy atom. The van der Waals surface area contributed by atoms with Crippen LogP contribution in [0, 0.1) is 17.6 Å². The molecule has 2 aromatic carbocycles. The number of benzene rings is 2. The van der Waals surface area contributed by atoms with Gasteiger partial charge in [-0.25, -0.2) is 21.6 Å². The standard InChI is InChI=1S/C23H23F3N2O4S/c24-14-33(30,31)27-13-15-4-3-8-28-20(15)11-16-10-17(25)12-19(23(16)26)18-5-1-2-6-21(18)32-9-7-22(28)29/h1-2,5-6,10,12-13,15,20H,3-4,7-9,11,14H2/b27-13+/t15?,20-/m0/s1. The first-order valence-corrected chi connectivity index (χ1v) is 12.2. The fourth-order valence-corrected chi connectivity index (χ4v) is 4.85. The van der Waals surface area contributed by atoms with Crippen molar-refractivity contribution in [1.82, 2.24) is 4.90 Å². The van der Waals surface area contributed by atoms with Crippen LogP contribution in [-0.2, 0) is 21.2 Å². The number of hydrogen-bond acceptors (Lipinski definition) is 4. The Hall–Kier alpha value is -2.88. The molecule has 1 saturated heterocycles. The lowest BCUT2D eigenvalue weighted by molar-refractivity contribution is -0.136. The molecular formula is C23H23F3N2O4S. The van der Waals surface area contributed by atoms with Crippen molar-refractivity contribution >= 4 is 22.1 Å². The van der Waals surface area contributed by atoms with Gasteiger partial charge in [0.05, 0.1) is 13.0 Å². The summed E-state index contributed by atoms with van der Waals surface area (Å²) in [7, 11) is -4.27. The monoisotopic (exact) mass is 480 g/mol. The predicted molar refractivity (Wildman–Crippen MR) is 117 cm³/mol. The lowest BCUT2D eigenvalue weighted by Gasteiger charge is -2.40. The SMILES string of the molecule is O=C1CCOc2ccccc2-c2cc(F)cc(c2F)C[C@H]2C(/C=N/S(=O)(=O)CF)CCCN12. The highest BCUT2D eigenvalue weighted by Gasteiger charge is 2.35. The highest BCUT2D eigenvalue weighted by molar-refractivity contribution is 7.90. The van der Waals surface area contributed by atoms with Crippen molar-refractivity contribution in [3.8, 4) is 16.9 Å². The second-order valence-corrected chi connectivity index (χ2v) is 9.72. The normalized spacial score (nSPS) is 21.5. The lowest BCUT2D eigenvalue weighted by Crippen LogP contribution is -2.50. The van der Waals surface area contributed by atoms with Crippen LogP contribution in [0.25, 0.3) is 11.1 Å². The summed E-state index contributed by atoms with van der Waals surface area (Å²) in [5.74, 6) is -1.75. The highest BCUT2D eigenvalue weighted by atomic mass is 32.2. The maximum absolute atomic E-state index is 15.6. The van der Waals surface area contributed by atoms with Crippen molar-refractivity contribution in [1.29, 1.82) is 0 Å². The number of ether oxygens (including phenoxy) is 1. The van der Waals surface area contributed by atoms with E-state index in [4.69, 9.17) is 4.74 Å². The minimum atomic E-state index is -4.27. The summed E-state index contributed by atoms with van der Waals surface area (Å²) in [4.78, 5) is 14.6. The summed E-state index contributed by atoms with van der Waals surface area (Å²) in [6.07, 6.45) is 2.17. The zero-order valence-electron chi connectivity index (χ0n) is 17.7. The van der Waals surface area contributed by atoms with Crippen molar-refractivity contribution in [3.05, 3.63) is 53.6 Å². The summed E-state index contributed by atoms with van der Waals surface area (Å²) < 4.78 is 75.1. The molecular weight excluding hydrogens is 457 g/mol. The largest absolute Gasteiger partial charge is 0.492 e. The van der Waals surface area contributed by atoms with E-state index in [1.807, 2.05) is 0 Å². The summed E-state index contributed by atoms with van der Waals surface area (Å²) >= 11 is 0. The van der Waals surface area contributed by atoms with Gasteiger partial charge in [0.25, 0.3) is 10.0 Å². The first-order valence-electron chi connectivity index (χ1n) is 10.6. The van der Waals surface area contributed by atoms with Crippen LogP contribution in [-0.4, -0.2) is 50.6 Å². The van der Waals surface area contributed by atoms with E-state index in [9.17, 15) is 22.0 Å². The number of alkyl halides is 1. The van der Waals surface area contributed by atoms with Gasteiger partial charge in [-0.3, -0.25) is 4.79 Å². The molecule has 1 unspecified atom stereocenters. The van der Waals surface area contributed by atoms with Gasteiger partial charge in [0.1, 0.15) is 17.4 Å². The number of para-hydroxylation sites is 1. The molecule has 6 nitrogen and oxygen atoms in total. The molecule has 0 spiro atoms. The van der Waals surface area contributed by atoms with Gasteiger partial charge < -0.3 is 9.64 Å². The van der Waals surface area contributed by atoms with E-state index < -0.39 is 39.6 Å². The topological polar surface area (TPSA) is 76.0 Å². The summed E-state index contributed by atoms with van der Waals surface area (Å²) in [5.41, 5.74) is 0.466. The van der Waals surface area contributed by atoms with Crippen LogP contribution < -0.4 is 4.74 Å². The number of hydrogen-bond donors (Lipinski definition) is 0. The molecule has 33 heavy (non-hydrogen) atoms. The molecule has 0 radical (unpaired) electrons. The van der Waals surface area contributed by atoms with Crippen LogP contribution in [0.5, 0.6) is 5.75 Å². The van der Waals surface area contributed by atoms with Crippen molar-refractivity contribution < 1.29 is 31.1 Å². The molecule has 2 atom stereocenters. The Balaban J connectivity index is 1.81. The van der Waals surface area contributed by atoms with Gasteiger partial charge in [0.2, 0.25) is 11.9 Å². The van der Waals surface area contributed by atoms with Crippen LogP contribution in [0.4, 0.5) is 13.2 Å². The Morgan fingerprint density at radius 1 is 1.18 bits per heavy atom. The molecule has 2 aliphatic rings. The number of carbonyl (C=O) groups excluding carboxylic acids is 1. The molecule has 0 aromatic heterocycles. The fraction of sp³-hybridized carbons (Fsp3) is 0.391. The average Bonchev–Trinajstić information content (AvgIpc) is 2.80. The van der Waals surface area contributed by atoms with Crippen LogP contribution in [0.2, 0.25) is 0 Å². The third-order valence-corrected chi connectivity index (χ3v) is 6.71. The quantitative estimate of drug-likeness (QED) is 0.625. The zero-order chi connectivity index (χ0) is 23.6. The highest BCUT2D eigenvalue weighted by Crippen LogP contribution is 2.36. The van der Waals surface area contributed by atoms with Gasteiger partial charge in [-0.15, -0.1) is 0 Å². The van der Waals surface area contributed by atoms with Crippen LogP contribution in [0.3, 0.4) is 0 Å². The molecule has 2 heterocycles. The van der Waals surface area contributed by atoms with Crippen LogP contribution in [0.15, 0.2) is 40.8 Å². The molecule has 1 amide bonds. The second kappa shape index (κ2) is 9.54. The zero-order valence-corrected chi connectivity index (χ0v) is 18.5. The van der Waals surface area contributed by atoms with Crippen LogP contribution >= 0.6 is 0 Å². The number of fused-ring (bicyclic) bond motifs is 5. The van der Waals surface area contributed by atoms with E-state index in [0.29, 0.717) is 30.7 Å². The van der Waals surface area contributed by atoms with Crippen molar-refractivity contribution in [2.75, 3.05) is 19.2 Å². The van der Waals surface area contributed by atoms with E-state index in [1.54, 1.807) is 29.2 Å². The third kappa shape index (κ3) is 5.05. The summed E-state index contributed by atoms with van der Waals surface area (Å²) in [6, 6.07) is 6.53. The molecule has 10 heteroatoms. The number of amides is 1. The number of piperidine rings is 1. The first kappa shape index (κ1) is 23.3. The smallest absolute Gasteiger partial charge is 0.282 e. The fourth-order valence-electron chi connectivity index (χ4n) is 4.45. The molecule has 1 fully saturated rings. The first-order chi connectivity index (χ1) is 15.8. The van der Waals surface area contributed by atoms with Gasteiger partial charge in [-0.05, 0) is 43.0 Å². The molecule has 2 bridgehead atoms. The Kier molecular flexibility index (Phi) is 6.73. The Labute approximate surface area is 190 Å². The molecule has 2 aromatic rings. The number of halogens is 3. The lowest BCUT2D eigenvalue weighted by atomic mass is 9.85. The number of nitrogens with zero attached hydrogens (tertiary/aromatic N) is 2. The molecule has 2 aliphatic heterocycles. The minimum Gasteiger partial charge on any atom is -0.492 e. The third-order valence-electron chi connectivity index (χ3n) is 5.99. The maximum Gasteiger partial charge on any atom is 0.282 e. The van der Waals surface area contributed by atoms with E-state index in [-0.39, 0.29) is 36.5 Å². The Morgan fingerprint density at radius 2 is 1.97 bits per heavy atom. The maximum atomic E-state index is 15.6. The average molecular weight is 481 g/mol. The van der Waals surface area contributed by atoms with Crippen molar-refractivity contribution in [3.63, 3.8) is 0 Å².